The average Bonchev–Trinajstić information content (AvgIpc) is 2.82. The molecule has 0 saturated heterocycles. The highest BCUT2D eigenvalue weighted by Crippen LogP contribution is 2.30. The zero-order valence-electron chi connectivity index (χ0n) is 10.5. The molecule has 0 fully saturated rings. The van der Waals surface area contributed by atoms with Crippen LogP contribution in [0.2, 0.25) is 0 Å². The fourth-order valence-corrected chi connectivity index (χ4v) is 2.80. The fraction of sp³-hybridized carbons (Fsp3) is 0.400. The molecule has 3 rings (SSSR count). The summed E-state index contributed by atoms with van der Waals surface area (Å²) < 4.78 is 13.3. The van der Waals surface area contributed by atoms with Gasteiger partial charge in [0, 0.05) is 11.6 Å². The number of nitrogens with zero attached hydrogens (tertiary/aromatic N) is 1. The van der Waals surface area contributed by atoms with Gasteiger partial charge in [0.15, 0.2) is 0 Å². The van der Waals surface area contributed by atoms with Crippen molar-refractivity contribution in [1.29, 1.82) is 0 Å². The minimum atomic E-state index is -0.177. The van der Waals surface area contributed by atoms with Gasteiger partial charge in [0.1, 0.15) is 5.82 Å². The molecule has 1 aliphatic rings. The molecule has 2 nitrogen and oxygen atoms in total. The van der Waals surface area contributed by atoms with Crippen molar-refractivity contribution < 1.29 is 4.39 Å². The largest absolute Gasteiger partial charge is 0.282 e. The molecule has 2 aromatic rings. The number of hydrogen-bond donors (Lipinski definition) is 1. The van der Waals surface area contributed by atoms with Crippen LogP contribution < -0.4 is 0 Å². The van der Waals surface area contributed by atoms with E-state index in [0.29, 0.717) is 0 Å². The van der Waals surface area contributed by atoms with Crippen LogP contribution in [-0.4, -0.2) is 10.2 Å². The van der Waals surface area contributed by atoms with Crippen molar-refractivity contribution in [3.05, 3.63) is 52.6 Å². The molecule has 0 spiro atoms. The highest BCUT2D eigenvalue weighted by Gasteiger charge is 2.21. The molecule has 0 aliphatic heterocycles. The summed E-state index contributed by atoms with van der Waals surface area (Å²) in [7, 11) is 0. The lowest BCUT2D eigenvalue weighted by molar-refractivity contribution is 0.623. The molecule has 0 saturated carbocycles. The van der Waals surface area contributed by atoms with E-state index in [4.69, 9.17) is 0 Å². The smallest absolute Gasteiger partial charge is 0.123 e. The highest BCUT2D eigenvalue weighted by molar-refractivity contribution is 5.36. The number of nitrogens with one attached hydrogen (secondary N) is 1. The van der Waals surface area contributed by atoms with Crippen LogP contribution in [-0.2, 0) is 12.8 Å². The molecule has 18 heavy (non-hydrogen) atoms. The molecule has 1 unspecified atom stereocenters. The third kappa shape index (κ3) is 1.94. The van der Waals surface area contributed by atoms with Crippen molar-refractivity contribution in [3.8, 4) is 0 Å². The summed E-state index contributed by atoms with van der Waals surface area (Å²) in [5.41, 5.74) is 4.72. The van der Waals surface area contributed by atoms with Crippen molar-refractivity contribution in [2.45, 2.75) is 38.5 Å². The van der Waals surface area contributed by atoms with E-state index in [-0.39, 0.29) is 11.7 Å². The molecule has 0 bridgehead atoms. The second-order valence-corrected chi connectivity index (χ2v) is 5.05. The van der Waals surface area contributed by atoms with Gasteiger partial charge < -0.3 is 0 Å². The standard InChI is InChI=1S/C15H17FN2/c1-10(11-5-4-6-12(16)9-11)15-13-7-2-3-8-14(13)17-18-15/h4-6,9-10H,2-3,7-8H2,1H3,(H,17,18). The van der Waals surface area contributed by atoms with Crippen LogP contribution >= 0.6 is 0 Å². The summed E-state index contributed by atoms with van der Waals surface area (Å²) in [6.07, 6.45) is 4.66. The Hall–Kier alpha value is -1.64. The maximum Gasteiger partial charge on any atom is 0.123 e. The second-order valence-electron chi connectivity index (χ2n) is 5.05. The number of aromatic nitrogens is 2. The van der Waals surface area contributed by atoms with Crippen LogP contribution in [0.1, 0.15) is 48.2 Å². The summed E-state index contributed by atoms with van der Waals surface area (Å²) in [5, 5.41) is 7.60. The number of hydrogen-bond acceptors (Lipinski definition) is 1. The van der Waals surface area contributed by atoms with E-state index in [1.54, 1.807) is 12.1 Å². The topological polar surface area (TPSA) is 28.7 Å². The Balaban J connectivity index is 1.97. The molecular formula is C15H17FN2. The van der Waals surface area contributed by atoms with E-state index in [9.17, 15) is 4.39 Å². The maximum absolute atomic E-state index is 13.3. The van der Waals surface area contributed by atoms with Crippen LogP contribution in [0.15, 0.2) is 24.3 Å². The highest BCUT2D eigenvalue weighted by atomic mass is 19.1. The first kappa shape index (κ1) is 11.5. The zero-order chi connectivity index (χ0) is 12.5. The lowest BCUT2D eigenvalue weighted by Crippen LogP contribution is -2.05. The number of halogens is 1. The Bertz CT molecular complexity index is 559. The Morgan fingerprint density at radius 3 is 2.94 bits per heavy atom. The van der Waals surface area contributed by atoms with E-state index in [1.807, 2.05) is 6.07 Å². The maximum atomic E-state index is 13.3. The molecule has 1 aromatic carbocycles. The van der Waals surface area contributed by atoms with Crippen LogP contribution in [0.3, 0.4) is 0 Å². The van der Waals surface area contributed by atoms with E-state index in [2.05, 4.69) is 17.1 Å². The SMILES string of the molecule is CC(c1cccc(F)c1)c1n[nH]c2c1CCCC2. The van der Waals surface area contributed by atoms with E-state index in [1.165, 1.54) is 30.2 Å². The van der Waals surface area contributed by atoms with Gasteiger partial charge >= 0.3 is 0 Å². The van der Waals surface area contributed by atoms with Gasteiger partial charge in [0.2, 0.25) is 0 Å². The molecule has 1 heterocycles. The minimum Gasteiger partial charge on any atom is -0.282 e. The van der Waals surface area contributed by atoms with E-state index >= 15 is 0 Å². The van der Waals surface area contributed by atoms with Gasteiger partial charge in [-0.3, -0.25) is 5.10 Å². The number of fused-ring (bicyclic) bond motifs is 1. The monoisotopic (exact) mass is 244 g/mol. The van der Waals surface area contributed by atoms with Crippen molar-refractivity contribution in [2.24, 2.45) is 0 Å². The van der Waals surface area contributed by atoms with Crippen molar-refractivity contribution in [2.75, 3.05) is 0 Å². The van der Waals surface area contributed by atoms with E-state index in [0.717, 1.165) is 24.1 Å². The Morgan fingerprint density at radius 2 is 2.11 bits per heavy atom. The summed E-state index contributed by atoms with van der Waals surface area (Å²) in [5.74, 6) is -0.0254. The molecule has 0 amide bonds. The number of aryl methyl sites for hydroxylation is 1. The number of rotatable bonds is 2. The van der Waals surface area contributed by atoms with Crippen LogP contribution in [0.25, 0.3) is 0 Å². The molecule has 1 aliphatic carbocycles. The Kier molecular flexibility index (Phi) is 2.90. The van der Waals surface area contributed by atoms with Gasteiger partial charge in [-0.2, -0.15) is 5.10 Å². The second kappa shape index (κ2) is 4.56. The fourth-order valence-electron chi connectivity index (χ4n) is 2.80. The first-order chi connectivity index (χ1) is 8.75. The average molecular weight is 244 g/mol. The first-order valence-electron chi connectivity index (χ1n) is 6.57. The predicted octanol–water partition coefficient (Wildman–Crippen LogP) is 3.58. The van der Waals surface area contributed by atoms with E-state index < -0.39 is 0 Å². The predicted molar refractivity (Wildman–Crippen MR) is 69.1 cm³/mol. The van der Waals surface area contributed by atoms with Crippen molar-refractivity contribution >= 4 is 0 Å². The molecular weight excluding hydrogens is 227 g/mol. The molecule has 1 N–H and O–H groups in total. The quantitative estimate of drug-likeness (QED) is 0.859. The normalized spacial score (nSPS) is 16.3. The van der Waals surface area contributed by atoms with Gasteiger partial charge in [-0.25, -0.2) is 4.39 Å². The summed E-state index contributed by atoms with van der Waals surface area (Å²) in [4.78, 5) is 0. The number of H-pyrrole nitrogens is 1. The molecule has 94 valence electrons. The summed E-state index contributed by atoms with van der Waals surface area (Å²) in [6.45, 7) is 2.10. The first-order valence-corrected chi connectivity index (χ1v) is 6.57. The van der Waals surface area contributed by atoms with Crippen LogP contribution in [0.5, 0.6) is 0 Å². The molecule has 0 radical (unpaired) electrons. The van der Waals surface area contributed by atoms with Crippen LogP contribution in [0, 0.1) is 5.82 Å². The van der Waals surface area contributed by atoms with Gasteiger partial charge in [-0.05, 0) is 48.9 Å². The third-order valence-corrected chi connectivity index (χ3v) is 3.85. The lowest BCUT2D eigenvalue weighted by Gasteiger charge is -2.15. The molecule has 1 atom stereocenters. The Labute approximate surface area is 106 Å². The summed E-state index contributed by atoms with van der Waals surface area (Å²) >= 11 is 0. The van der Waals surface area contributed by atoms with Gasteiger partial charge in [-0.15, -0.1) is 0 Å². The Morgan fingerprint density at radius 1 is 1.28 bits per heavy atom. The van der Waals surface area contributed by atoms with Crippen molar-refractivity contribution in [1.82, 2.24) is 10.2 Å². The lowest BCUT2D eigenvalue weighted by atomic mass is 9.89. The zero-order valence-corrected chi connectivity index (χ0v) is 10.5. The van der Waals surface area contributed by atoms with Crippen LogP contribution in [0.4, 0.5) is 4.39 Å². The van der Waals surface area contributed by atoms with Gasteiger partial charge in [0.05, 0.1) is 5.69 Å². The number of benzene rings is 1. The molecule has 3 heteroatoms. The van der Waals surface area contributed by atoms with Crippen molar-refractivity contribution in [3.63, 3.8) is 0 Å². The number of aromatic amines is 1. The summed E-state index contributed by atoms with van der Waals surface area (Å²) in [6, 6.07) is 6.82. The molecule has 1 aromatic heterocycles. The minimum absolute atomic E-state index is 0.152. The van der Waals surface area contributed by atoms with Gasteiger partial charge in [0.25, 0.3) is 0 Å². The third-order valence-electron chi connectivity index (χ3n) is 3.85. The van der Waals surface area contributed by atoms with Gasteiger partial charge in [-0.1, -0.05) is 19.1 Å².